The van der Waals surface area contributed by atoms with Crippen molar-refractivity contribution in [3.8, 4) is 0 Å². The molecule has 0 aromatic heterocycles. The summed E-state index contributed by atoms with van der Waals surface area (Å²) in [5.74, 6) is 0. The first-order chi connectivity index (χ1) is 5.88. The second-order valence-corrected chi connectivity index (χ2v) is 3.13. The van der Waals surface area contributed by atoms with E-state index in [0.717, 1.165) is 6.42 Å². The smallest absolute Gasteiger partial charge is 0.0146 e. The van der Waals surface area contributed by atoms with Gasteiger partial charge in [-0.25, -0.2) is 0 Å². The zero-order valence-electron chi connectivity index (χ0n) is 8.06. The second kappa shape index (κ2) is 4.97. The molecule has 0 nitrogen and oxygen atoms in total. The zero-order valence-corrected chi connectivity index (χ0v) is 8.06. The molecule has 0 bridgehead atoms. The summed E-state index contributed by atoms with van der Waals surface area (Å²) in [5, 5.41) is 0. The van der Waals surface area contributed by atoms with Crippen LogP contribution >= 0.6 is 0 Å². The first-order valence-corrected chi connectivity index (χ1v) is 4.87. The highest BCUT2D eigenvalue weighted by molar-refractivity contribution is 5.25. The topological polar surface area (TPSA) is 0 Å². The molecule has 0 unspecified atom stereocenters. The molecular weight excluding hydrogens is 144 g/mol. The van der Waals surface area contributed by atoms with E-state index in [9.17, 15) is 0 Å². The Kier molecular flexibility index (Phi) is 3.86. The first-order valence-electron chi connectivity index (χ1n) is 4.87. The van der Waals surface area contributed by atoms with Crippen molar-refractivity contribution in [2.45, 2.75) is 39.5 Å². The van der Waals surface area contributed by atoms with Crippen LogP contribution in [0.5, 0.6) is 0 Å². The van der Waals surface area contributed by atoms with Crippen LogP contribution in [0.3, 0.4) is 0 Å². The van der Waals surface area contributed by atoms with Gasteiger partial charge in [-0.3, -0.25) is 0 Å². The Labute approximate surface area is 75.6 Å². The first kappa shape index (κ1) is 9.31. The Bertz CT molecular complexity index is 225. The normalized spacial score (nSPS) is 10.2. The minimum Gasteiger partial charge on any atom is -0.0654 e. The van der Waals surface area contributed by atoms with Crippen LogP contribution in [0.4, 0.5) is 0 Å². The third kappa shape index (κ3) is 2.37. The lowest BCUT2D eigenvalue weighted by Gasteiger charge is -2.05. The molecule has 0 aliphatic heterocycles. The standard InChI is InChI=1S/C12H17/c1-3-5-8-12-10-7-6-9-11(12)4-2/h6-7,9H,3-5,8H2,1-2H3. The van der Waals surface area contributed by atoms with Crippen LogP contribution in [0.1, 0.15) is 37.8 Å². The highest BCUT2D eigenvalue weighted by Gasteiger charge is 1.97. The Morgan fingerprint density at radius 1 is 1.33 bits per heavy atom. The van der Waals surface area contributed by atoms with Crippen LogP contribution < -0.4 is 0 Å². The van der Waals surface area contributed by atoms with Crippen molar-refractivity contribution < 1.29 is 0 Å². The monoisotopic (exact) mass is 161 g/mol. The maximum absolute atomic E-state index is 3.32. The van der Waals surface area contributed by atoms with E-state index in [4.69, 9.17) is 0 Å². The average Bonchev–Trinajstić information content (AvgIpc) is 2.15. The summed E-state index contributed by atoms with van der Waals surface area (Å²) in [7, 11) is 0. The maximum atomic E-state index is 3.32. The largest absolute Gasteiger partial charge is 0.0654 e. The van der Waals surface area contributed by atoms with E-state index >= 15 is 0 Å². The summed E-state index contributed by atoms with van der Waals surface area (Å²) in [6, 6.07) is 9.63. The van der Waals surface area contributed by atoms with Gasteiger partial charge in [0.05, 0.1) is 0 Å². The van der Waals surface area contributed by atoms with Crippen molar-refractivity contribution in [2.75, 3.05) is 0 Å². The van der Waals surface area contributed by atoms with Crippen molar-refractivity contribution in [3.63, 3.8) is 0 Å². The van der Waals surface area contributed by atoms with Crippen LogP contribution in [0.2, 0.25) is 0 Å². The molecule has 0 N–H and O–H groups in total. The van der Waals surface area contributed by atoms with E-state index in [1.54, 1.807) is 0 Å². The summed E-state index contributed by atoms with van der Waals surface area (Å²) >= 11 is 0. The number of hydrogen-bond donors (Lipinski definition) is 0. The summed E-state index contributed by atoms with van der Waals surface area (Å²) in [4.78, 5) is 0. The van der Waals surface area contributed by atoms with E-state index < -0.39 is 0 Å². The Morgan fingerprint density at radius 3 is 2.83 bits per heavy atom. The van der Waals surface area contributed by atoms with Gasteiger partial charge in [0.1, 0.15) is 0 Å². The van der Waals surface area contributed by atoms with Gasteiger partial charge >= 0.3 is 0 Å². The zero-order chi connectivity index (χ0) is 8.81. The van der Waals surface area contributed by atoms with Gasteiger partial charge in [-0.05, 0) is 36.5 Å². The molecule has 0 heteroatoms. The number of hydrogen-bond acceptors (Lipinski definition) is 0. The fourth-order valence-corrected chi connectivity index (χ4v) is 1.42. The summed E-state index contributed by atoms with van der Waals surface area (Å²) in [6.07, 6.45) is 4.89. The molecule has 0 heterocycles. The van der Waals surface area contributed by atoms with Gasteiger partial charge in [0.25, 0.3) is 0 Å². The molecule has 65 valence electrons. The summed E-state index contributed by atoms with van der Waals surface area (Å²) < 4.78 is 0. The molecule has 0 saturated heterocycles. The molecule has 0 spiro atoms. The minimum absolute atomic E-state index is 1.14. The van der Waals surface area contributed by atoms with Crippen LogP contribution in [-0.4, -0.2) is 0 Å². The number of rotatable bonds is 4. The summed E-state index contributed by atoms with van der Waals surface area (Å²) in [5.41, 5.74) is 2.88. The van der Waals surface area contributed by atoms with Gasteiger partial charge in [0.15, 0.2) is 0 Å². The second-order valence-electron chi connectivity index (χ2n) is 3.13. The Morgan fingerprint density at radius 2 is 2.17 bits per heavy atom. The van der Waals surface area contributed by atoms with E-state index in [2.05, 4.69) is 32.0 Å². The molecule has 0 aliphatic carbocycles. The molecule has 1 rings (SSSR count). The lowest BCUT2D eigenvalue weighted by molar-refractivity contribution is 0.786. The van der Waals surface area contributed by atoms with E-state index in [1.165, 1.54) is 30.4 Å². The van der Waals surface area contributed by atoms with Crippen LogP contribution in [0.15, 0.2) is 18.2 Å². The van der Waals surface area contributed by atoms with Crippen LogP contribution in [0.25, 0.3) is 0 Å². The molecule has 12 heavy (non-hydrogen) atoms. The van der Waals surface area contributed by atoms with Gasteiger partial charge in [-0.15, -0.1) is 0 Å². The molecule has 0 saturated carbocycles. The van der Waals surface area contributed by atoms with Crippen molar-refractivity contribution in [2.24, 2.45) is 0 Å². The van der Waals surface area contributed by atoms with Gasteiger partial charge in [0.2, 0.25) is 0 Å². The third-order valence-electron chi connectivity index (χ3n) is 2.20. The van der Waals surface area contributed by atoms with Crippen molar-refractivity contribution >= 4 is 0 Å². The lowest BCUT2D eigenvalue weighted by Crippen LogP contribution is -1.92. The van der Waals surface area contributed by atoms with Crippen molar-refractivity contribution in [1.82, 2.24) is 0 Å². The molecule has 0 amide bonds. The van der Waals surface area contributed by atoms with Gasteiger partial charge < -0.3 is 0 Å². The highest BCUT2D eigenvalue weighted by atomic mass is 14.0. The van der Waals surface area contributed by atoms with E-state index in [-0.39, 0.29) is 0 Å². The molecule has 0 fully saturated rings. The lowest BCUT2D eigenvalue weighted by atomic mass is 10.0. The number of unbranched alkanes of at least 4 members (excludes halogenated alkanes) is 1. The fourth-order valence-electron chi connectivity index (χ4n) is 1.42. The van der Waals surface area contributed by atoms with Crippen molar-refractivity contribution in [3.05, 3.63) is 35.4 Å². The molecule has 1 aromatic carbocycles. The predicted octanol–water partition coefficient (Wildman–Crippen LogP) is 3.39. The Balaban J connectivity index is 2.68. The molecule has 0 aliphatic rings. The quantitative estimate of drug-likeness (QED) is 0.635. The van der Waals surface area contributed by atoms with Gasteiger partial charge in [0, 0.05) is 0 Å². The van der Waals surface area contributed by atoms with Crippen LogP contribution in [-0.2, 0) is 12.8 Å². The van der Waals surface area contributed by atoms with Gasteiger partial charge in [-0.2, -0.15) is 0 Å². The average molecular weight is 161 g/mol. The number of aryl methyl sites for hydroxylation is 2. The van der Waals surface area contributed by atoms with Crippen molar-refractivity contribution in [1.29, 1.82) is 0 Å². The molecule has 0 atom stereocenters. The SMILES string of the molecule is CCCCc1[c]cccc1CC. The molecule has 1 aromatic rings. The highest BCUT2D eigenvalue weighted by Crippen LogP contribution is 2.11. The fraction of sp³-hybridized carbons (Fsp3) is 0.500. The number of benzene rings is 1. The third-order valence-corrected chi connectivity index (χ3v) is 2.20. The predicted molar refractivity (Wildman–Crippen MR) is 53.3 cm³/mol. The summed E-state index contributed by atoms with van der Waals surface area (Å²) in [6.45, 7) is 4.44. The Hall–Kier alpha value is -0.780. The maximum Gasteiger partial charge on any atom is -0.0146 e. The molecular formula is C12H17. The van der Waals surface area contributed by atoms with E-state index in [1.807, 2.05) is 6.07 Å². The minimum atomic E-state index is 1.14. The van der Waals surface area contributed by atoms with Gasteiger partial charge in [-0.1, -0.05) is 38.5 Å². The van der Waals surface area contributed by atoms with E-state index in [0.29, 0.717) is 0 Å². The van der Waals surface area contributed by atoms with Crippen LogP contribution in [0, 0.1) is 6.07 Å². The molecule has 1 radical (unpaired) electrons.